The Morgan fingerprint density at radius 1 is 1.00 bits per heavy atom. The topological polar surface area (TPSA) is 132 Å². The maximum absolute atomic E-state index is 12.8. The number of nitrogens with zero attached hydrogens (tertiary/aromatic N) is 2. The molecule has 1 aliphatic carbocycles. The molecule has 10 nitrogen and oxygen atoms in total. The molecule has 0 bridgehead atoms. The van der Waals surface area contributed by atoms with Crippen LogP contribution in [0.4, 0.5) is 16.4 Å². The van der Waals surface area contributed by atoms with E-state index in [-0.39, 0.29) is 28.1 Å². The molecule has 1 fully saturated rings. The summed E-state index contributed by atoms with van der Waals surface area (Å²) in [5.74, 6) is 1.03. The van der Waals surface area contributed by atoms with Gasteiger partial charge in [-0.15, -0.1) is 0 Å². The van der Waals surface area contributed by atoms with Crippen LogP contribution in [0, 0.1) is 0 Å². The number of anilines is 2. The fraction of sp³-hybridized carbons (Fsp3) is 0.367. The molecular formula is C30H36ClN5O5S. The van der Waals surface area contributed by atoms with Gasteiger partial charge in [0.2, 0.25) is 5.95 Å². The van der Waals surface area contributed by atoms with Crippen molar-refractivity contribution in [1.82, 2.24) is 15.3 Å². The molecule has 1 aromatic heterocycles. The van der Waals surface area contributed by atoms with Crippen molar-refractivity contribution < 1.29 is 22.7 Å². The standard InChI is InChI=1S/C30H36ClN5O5S/c1-30(2,3)41-29(37)35-23-15-13-22(14-16-23)34-28-32-18-20(19-33-28)9-10-21-11-12-24(17-26(21)40-4)36-42(38,39)27-8-6-5-7-25(27)31/h5-12,17-19,22-23,36H,13-16H2,1-4H3,(H,35,37)(H,32,33,34)/b10-9+/t22-,23-. The zero-order valence-electron chi connectivity index (χ0n) is 24.1. The van der Waals surface area contributed by atoms with E-state index in [2.05, 4.69) is 25.3 Å². The van der Waals surface area contributed by atoms with Crippen LogP contribution in [-0.2, 0) is 14.8 Å². The Bertz CT molecular complexity index is 1520. The first-order chi connectivity index (χ1) is 19.9. The number of amides is 1. The molecule has 3 N–H and O–H groups in total. The summed E-state index contributed by atoms with van der Waals surface area (Å²) < 4.78 is 38.9. The molecule has 1 aliphatic rings. The molecule has 224 valence electrons. The van der Waals surface area contributed by atoms with Crippen molar-refractivity contribution >= 4 is 51.5 Å². The number of nitrogens with one attached hydrogen (secondary N) is 3. The van der Waals surface area contributed by atoms with E-state index in [4.69, 9.17) is 21.1 Å². The lowest BCUT2D eigenvalue weighted by atomic mass is 9.91. The summed E-state index contributed by atoms with van der Waals surface area (Å²) >= 11 is 6.07. The number of carbonyl (C=O) groups excluding carboxylic acids is 1. The average molecular weight is 614 g/mol. The lowest BCUT2D eigenvalue weighted by Crippen LogP contribution is -2.42. The number of methoxy groups -OCH3 is 1. The predicted molar refractivity (Wildman–Crippen MR) is 165 cm³/mol. The molecular weight excluding hydrogens is 578 g/mol. The first-order valence-corrected chi connectivity index (χ1v) is 15.5. The summed E-state index contributed by atoms with van der Waals surface area (Å²) in [5.41, 5.74) is 1.37. The number of aromatic nitrogens is 2. The van der Waals surface area contributed by atoms with E-state index < -0.39 is 15.6 Å². The molecule has 4 rings (SSSR count). The molecule has 0 unspecified atom stereocenters. The molecule has 2 aromatic carbocycles. The van der Waals surface area contributed by atoms with Crippen LogP contribution >= 0.6 is 11.6 Å². The van der Waals surface area contributed by atoms with Crippen molar-refractivity contribution in [2.75, 3.05) is 17.1 Å². The van der Waals surface area contributed by atoms with Gasteiger partial charge in [0, 0.05) is 41.7 Å². The highest BCUT2D eigenvalue weighted by molar-refractivity contribution is 7.92. The van der Waals surface area contributed by atoms with Crippen molar-refractivity contribution in [3.63, 3.8) is 0 Å². The van der Waals surface area contributed by atoms with Crippen LogP contribution in [0.2, 0.25) is 5.02 Å². The van der Waals surface area contributed by atoms with E-state index >= 15 is 0 Å². The minimum Gasteiger partial charge on any atom is -0.496 e. The summed E-state index contributed by atoms with van der Waals surface area (Å²) in [6.45, 7) is 5.55. The van der Waals surface area contributed by atoms with Gasteiger partial charge < -0.3 is 20.1 Å². The van der Waals surface area contributed by atoms with E-state index in [0.29, 0.717) is 17.4 Å². The normalized spacial score (nSPS) is 17.5. The number of rotatable bonds is 9. The number of hydrogen-bond donors (Lipinski definition) is 3. The van der Waals surface area contributed by atoms with Crippen LogP contribution < -0.4 is 20.1 Å². The quantitative estimate of drug-likeness (QED) is 0.254. The fourth-order valence-corrected chi connectivity index (χ4v) is 6.08. The Kier molecular flexibility index (Phi) is 9.95. The molecule has 0 saturated heterocycles. The summed E-state index contributed by atoms with van der Waals surface area (Å²) in [6.07, 6.45) is 10.2. The number of hydrogen-bond acceptors (Lipinski definition) is 8. The maximum atomic E-state index is 12.8. The van der Waals surface area contributed by atoms with Crippen molar-refractivity contribution in [2.45, 2.75) is 69.0 Å². The number of ether oxygens (including phenoxy) is 2. The van der Waals surface area contributed by atoms with Gasteiger partial charge in [-0.2, -0.15) is 0 Å². The Morgan fingerprint density at radius 3 is 2.31 bits per heavy atom. The zero-order valence-corrected chi connectivity index (χ0v) is 25.6. The molecule has 42 heavy (non-hydrogen) atoms. The summed E-state index contributed by atoms with van der Waals surface area (Å²) in [7, 11) is -2.35. The van der Waals surface area contributed by atoms with Gasteiger partial charge in [-0.05, 0) is 70.7 Å². The van der Waals surface area contributed by atoms with Crippen molar-refractivity contribution in [2.24, 2.45) is 0 Å². The number of halogens is 1. The SMILES string of the molecule is COc1cc(NS(=O)(=O)c2ccccc2Cl)ccc1/C=C/c1cnc(N[C@H]2CC[C@H](NC(=O)OC(C)(C)C)CC2)nc1. The first kappa shape index (κ1) is 31.1. The van der Waals surface area contributed by atoms with Crippen LogP contribution in [0.3, 0.4) is 0 Å². The van der Waals surface area contributed by atoms with E-state index in [9.17, 15) is 13.2 Å². The molecule has 0 atom stereocenters. The predicted octanol–water partition coefficient (Wildman–Crippen LogP) is 6.36. The van der Waals surface area contributed by atoms with Crippen molar-refractivity contribution in [3.05, 3.63) is 71.0 Å². The highest BCUT2D eigenvalue weighted by atomic mass is 35.5. The third-order valence-electron chi connectivity index (χ3n) is 6.52. The van der Waals surface area contributed by atoms with Gasteiger partial charge in [0.15, 0.2) is 0 Å². The van der Waals surface area contributed by atoms with Crippen LogP contribution in [0.25, 0.3) is 12.2 Å². The average Bonchev–Trinajstić information content (AvgIpc) is 2.93. The lowest BCUT2D eigenvalue weighted by Gasteiger charge is -2.30. The molecule has 0 radical (unpaired) electrons. The van der Waals surface area contributed by atoms with Gasteiger partial charge in [-0.3, -0.25) is 4.72 Å². The van der Waals surface area contributed by atoms with E-state index in [1.807, 2.05) is 32.9 Å². The van der Waals surface area contributed by atoms with Crippen LogP contribution in [-0.4, -0.2) is 49.3 Å². The zero-order chi connectivity index (χ0) is 30.3. The Balaban J connectivity index is 1.31. The molecule has 1 saturated carbocycles. The second kappa shape index (κ2) is 13.4. The minimum absolute atomic E-state index is 0.00423. The summed E-state index contributed by atoms with van der Waals surface area (Å²) in [6, 6.07) is 11.6. The molecule has 0 spiro atoms. The second-order valence-electron chi connectivity index (χ2n) is 11.0. The van der Waals surface area contributed by atoms with Gasteiger partial charge in [-0.25, -0.2) is 23.2 Å². The molecule has 12 heteroatoms. The maximum Gasteiger partial charge on any atom is 0.407 e. The number of carbonyl (C=O) groups is 1. The van der Waals surface area contributed by atoms with E-state index in [0.717, 1.165) is 36.8 Å². The van der Waals surface area contributed by atoms with E-state index in [1.165, 1.54) is 19.2 Å². The first-order valence-electron chi connectivity index (χ1n) is 13.6. The van der Waals surface area contributed by atoms with Gasteiger partial charge in [0.05, 0.1) is 17.8 Å². The third-order valence-corrected chi connectivity index (χ3v) is 8.40. The van der Waals surface area contributed by atoms with Gasteiger partial charge in [-0.1, -0.05) is 35.9 Å². The third kappa shape index (κ3) is 8.83. The van der Waals surface area contributed by atoms with Crippen LogP contribution in [0.15, 0.2) is 59.8 Å². The molecule has 1 amide bonds. The number of sulfonamides is 1. The Morgan fingerprint density at radius 2 is 1.67 bits per heavy atom. The van der Waals surface area contributed by atoms with Crippen molar-refractivity contribution in [3.8, 4) is 5.75 Å². The largest absolute Gasteiger partial charge is 0.496 e. The second-order valence-corrected chi connectivity index (χ2v) is 13.1. The smallest absolute Gasteiger partial charge is 0.407 e. The van der Waals surface area contributed by atoms with E-state index in [1.54, 1.807) is 42.7 Å². The number of benzene rings is 2. The molecule has 0 aliphatic heterocycles. The molecule has 1 heterocycles. The van der Waals surface area contributed by atoms with Gasteiger partial charge in [0.25, 0.3) is 10.0 Å². The monoisotopic (exact) mass is 613 g/mol. The lowest BCUT2D eigenvalue weighted by molar-refractivity contribution is 0.0492. The highest BCUT2D eigenvalue weighted by Crippen LogP contribution is 2.29. The molecule has 3 aromatic rings. The fourth-order valence-electron chi connectivity index (χ4n) is 4.51. The van der Waals surface area contributed by atoms with Crippen LogP contribution in [0.5, 0.6) is 5.75 Å². The van der Waals surface area contributed by atoms with Crippen LogP contribution in [0.1, 0.15) is 57.6 Å². The summed E-state index contributed by atoms with van der Waals surface area (Å²) in [5, 5.41) is 6.47. The summed E-state index contributed by atoms with van der Waals surface area (Å²) in [4.78, 5) is 20.9. The van der Waals surface area contributed by atoms with Gasteiger partial charge >= 0.3 is 6.09 Å². The number of alkyl carbamates (subject to hydrolysis) is 1. The Hall–Kier alpha value is -3.83. The van der Waals surface area contributed by atoms with Crippen molar-refractivity contribution in [1.29, 1.82) is 0 Å². The minimum atomic E-state index is -3.87. The Labute approximate surface area is 252 Å². The highest BCUT2D eigenvalue weighted by Gasteiger charge is 2.25. The van der Waals surface area contributed by atoms with Gasteiger partial charge in [0.1, 0.15) is 16.2 Å².